The Balaban J connectivity index is 1.85. The molecule has 1 saturated heterocycles. The Labute approximate surface area is 164 Å². The molecule has 0 radical (unpaired) electrons. The number of benzene rings is 2. The Kier molecular flexibility index (Phi) is 4.36. The SMILES string of the molecule is O=C(O)N1CCN(C2(c3cccc(Br)c3)C(=O)c3ccccc3C2=O)CC1. The minimum Gasteiger partial charge on any atom is -0.465 e. The van der Waals surface area contributed by atoms with Crippen LogP contribution in [0.5, 0.6) is 0 Å². The van der Waals surface area contributed by atoms with Gasteiger partial charge in [0, 0.05) is 41.8 Å². The Morgan fingerprint density at radius 3 is 2.04 bits per heavy atom. The Bertz CT molecular complexity index is 916. The highest BCUT2D eigenvalue weighted by Crippen LogP contribution is 2.43. The predicted octanol–water partition coefficient (Wildman–Crippen LogP) is 3.02. The normalized spacial score (nSPS) is 19.2. The van der Waals surface area contributed by atoms with Crippen molar-refractivity contribution in [2.24, 2.45) is 0 Å². The van der Waals surface area contributed by atoms with Crippen molar-refractivity contribution in [1.82, 2.24) is 9.80 Å². The van der Waals surface area contributed by atoms with E-state index in [0.717, 1.165) is 4.47 Å². The van der Waals surface area contributed by atoms with Crippen LogP contribution in [0.15, 0.2) is 53.0 Å². The summed E-state index contributed by atoms with van der Waals surface area (Å²) in [4.78, 5) is 41.5. The lowest BCUT2D eigenvalue weighted by atomic mass is 9.82. The van der Waals surface area contributed by atoms with Gasteiger partial charge in [-0.2, -0.15) is 0 Å². The van der Waals surface area contributed by atoms with Gasteiger partial charge in [-0.1, -0.05) is 52.3 Å². The quantitative estimate of drug-likeness (QED) is 0.743. The molecule has 2 aliphatic rings. The largest absolute Gasteiger partial charge is 0.465 e. The number of rotatable bonds is 2. The molecular formula is C20H17BrN2O4. The highest BCUT2D eigenvalue weighted by Gasteiger charge is 2.58. The summed E-state index contributed by atoms with van der Waals surface area (Å²) in [5.74, 6) is -0.491. The minimum absolute atomic E-state index is 0.245. The third-order valence-electron chi connectivity index (χ3n) is 5.34. The van der Waals surface area contributed by atoms with Crippen molar-refractivity contribution in [2.75, 3.05) is 26.2 Å². The van der Waals surface area contributed by atoms with Crippen molar-refractivity contribution in [3.63, 3.8) is 0 Å². The molecule has 0 spiro atoms. The summed E-state index contributed by atoms with van der Waals surface area (Å²) in [5, 5.41) is 9.22. The van der Waals surface area contributed by atoms with Crippen molar-refractivity contribution in [3.8, 4) is 0 Å². The summed E-state index contributed by atoms with van der Waals surface area (Å²) >= 11 is 3.43. The maximum absolute atomic E-state index is 13.5. The molecular weight excluding hydrogens is 412 g/mol. The number of fused-ring (bicyclic) bond motifs is 1. The van der Waals surface area contributed by atoms with Gasteiger partial charge in [-0.3, -0.25) is 14.5 Å². The topological polar surface area (TPSA) is 77.9 Å². The van der Waals surface area contributed by atoms with E-state index >= 15 is 0 Å². The number of halogens is 1. The molecule has 6 nitrogen and oxygen atoms in total. The van der Waals surface area contributed by atoms with Crippen LogP contribution in [0.2, 0.25) is 0 Å². The molecule has 0 bridgehead atoms. The van der Waals surface area contributed by atoms with E-state index in [1.165, 1.54) is 4.90 Å². The van der Waals surface area contributed by atoms with Crippen molar-refractivity contribution in [1.29, 1.82) is 0 Å². The van der Waals surface area contributed by atoms with Crippen LogP contribution in [-0.2, 0) is 5.54 Å². The lowest BCUT2D eigenvalue weighted by molar-refractivity contribution is 0.0306. The molecule has 0 atom stereocenters. The summed E-state index contributed by atoms with van der Waals surface area (Å²) in [6, 6.07) is 14.1. The lowest BCUT2D eigenvalue weighted by Crippen LogP contribution is -2.61. The van der Waals surface area contributed by atoms with E-state index in [-0.39, 0.29) is 24.7 Å². The molecule has 2 aromatic carbocycles. The standard InChI is InChI=1S/C20H17BrN2O4/c21-14-5-3-4-13(12-14)20(23-10-8-22(9-11-23)19(26)27)17(24)15-6-1-2-7-16(15)18(20)25/h1-7,12H,8-11H2,(H,26,27). The second-order valence-corrected chi connectivity index (χ2v) is 7.60. The molecule has 0 aromatic heterocycles. The van der Waals surface area contributed by atoms with Gasteiger partial charge in [-0.05, 0) is 17.7 Å². The molecule has 1 amide bonds. The molecule has 1 heterocycles. The Morgan fingerprint density at radius 1 is 0.926 bits per heavy atom. The van der Waals surface area contributed by atoms with Gasteiger partial charge in [0.2, 0.25) is 0 Å². The molecule has 4 rings (SSSR count). The number of hydrogen-bond acceptors (Lipinski definition) is 4. The number of Topliss-reactive ketones (excluding diaryl/α,β-unsaturated/α-hetero) is 2. The predicted molar refractivity (Wildman–Crippen MR) is 102 cm³/mol. The van der Waals surface area contributed by atoms with Crippen molar-refractivity contribution in [3.05, 3.63) is 69.7 Å². The first-order chi connectivity index (χ1) is 13.0. The first-order valence-corrected chi connectivity index (χ1v) is 9.43. The fraction of sp³-hybridized carbons (Fsp3) is 0.250. The van der Waals surface area contributed by atoms with E-state index in [9.17, 15) is 19.5 Å². The summed E-state index contributed by atoms with van der Waals surface area (Å²) in [5.41, 5.74) is -0.00366. The van der Waals surface area contributed by atoms with Gasteiger partial charge in [0.1, 0.15) is 0 Å². The van der Waals surface area contributed by atoms with Gasteiger partial charge in [0.25, 0.3) is 0 Å². The molecule has 0 unspecified atom stereocenters. The number of piperazine rings is 1. The number of amides is 1. The maximum atomic E-state index is 13.5. The highest BCUT2D eigenvalue weighted by molar-refractivity contribution is 9.10. The van der Waals surface area contributed by atoms with Crippen LogP contribution in [-0.4, -0.2) is 58.7 Å². The fourth-order valence-corrected chi connectivity index (χ4v) is 4.45. The van der Waals surface area contributed by atoms with Gasteiger partial charge >= 0.3 is 6.09 Å². The monoisotopic (exact) mass is 428 g/mol. The highest BCUT2D eigenvalue weighted by atomic mass is 79.9. The van der Waals surface area contributed by atoms with Crippen LogP contribution in [0.25, 0.3) is 0 Å². The third-order valence-corrected chi connectivity index (χ3v) is 5.83. The zero-order chi connectivity index (χ0) is 19.2. The zero-order valence-electron chi connectivity index (χ0n) is 14.4. The summed E-state index contributed by atoms with van der Waals surface area (Å²) in [6.45, 7) is 1.12. The molecule has 1 N–H and O–H groups in total. The van der Waals surface area contributed by atoms with Gasteiger partial charge in [0.05, 0.1) is 0 Å². The molecule has 2 aromatic rings. The van der Waals surface area contributed by atoms with Gasteiger partial charge < -0.3 is 10.0 Å². The molecule has 1 aliphatic carbocycles. The number of carbonyl (C=O) groups is 3. The number of carboxylic acid groups (broad SMARTS) is 1. The van der Waals surface area contributed by atoms with Crippen LogP contribution < -0.4 is 0 Å². The average molecular weight is 429 g/mol. The average Bonchev–Trinajstić information content (AvgIpc) is 2.90. The minimum atomic E-state index is -1.45. The van der Waals surface area contributed by atoms with Crippen molar-refractivity contribution >= 4 is 33.6 Å². The van der Waals surface area contributed by atoms with E-state index in [1.807, 2.05) is 11.0 Å². The molecule has 1 aliphatic heterocycles. The first-order valence-electron chi connectivity index (χ1n) is 8.64. The van der Waals surface area contributed by atoms with Gasteiger partial charge in [-0.25, -0.2) is 4.79 Å². The number of ketones is 2. The molecule has 0 saturated carbocycles. The van der Waals surface area contributed by atoms with Gasteiger partial charge in [0.15, 0.2) is 17.1 Å². The van der Waals surface area contributed by atoms with E-state index in [0.29, 0.717) is 29.8 Å². The Hall–Kier alpha value is -2.51. The van der Waals surface area contributed by atoms with Crippen LogP contribution in [0.1, 0.15) is 26.3 Å². The maximum Gasteiger partial charge on any atom is 0.407 e. The van der Waals surface area contributed by atoms with E-state index < -0.39 is 11.6 Å². The molecule has 7 heteroatoms. The van der Waals surface area contributed by atoms with E-state index in [4.69, 9.17) is 0 Å². The lowest BCUT2D eigenvalue weighted by Gasteiger charge is -2.43. The van der Waals surface area contributed by atoms with Gasteiger partial charge in [-0.15, -0.1) is 0 Å². The molecule has 138 valence electrons. The number of carbonyl (C=O) groups excluding carboxylic acids is 2. The van der Waals surface area contributed by atoms with E-state index in [1.54, 1.807) is 42.5 Å². The van der Waals surface area contributed by atoms with Crippen LogP contribution >= 0.6 is 15.9 Å². The summed E-state index contributed by atoms with van der Waals surface area (Å²) < 4.78 is 0.778. The second kappa shape index (κ2) is 6.58. The number of hydrogen-bond donors (Lipinski definition) is 1. The second-order valence-electron chi connectivity index (χ2n) is 6.68. The van der Waals surface area contributed by atoms with Crippen molar-refractivity contribution < 1.29 is 19.5 Å². The van der Waals surface area contributed by atoms with Crippen molar-refractivity contribution in [2.45, 2.75) is 5.54 Å². The van der Waals surface area contributed by atoms with Crippen LogP contribution in [0.3, 0.4) is 0 Å². The van der Waals surface area contributed by atoms with Crippen LogP contribution in [0, 0.1) is 0 Å². The smallest absolute Gasteiger partial charge is 0.407 e. The molecule has 27 heavy (non-hydrogen) atoms. The van der Waals surface area contributed by atoms with Crippen LogP contribution in [0.4, 0.5) is 4.79 Å². The third kappa shape index (κ3) is 2.61. The Morgan fingerprint density at radius 2 is 1.52 bits per heavy atom. The fourth-order valence-electron chi connectivity index (χ4n) is 4.05. The molecule has 1 fully saturated rings. The zero-order valence-corrected chi connectivity index (χ0v) is 16.0. The first kappa shape index (κ1) is 17.9. The van der Waals surface area contributed by atoms with E-state index in [2.05, 4.69) is 15.9 Å². The number of nitrogens with zero attached hydrogens (tertiary/aromatic N) is 2. The summed E-state index contributed by atoms with van der Waals surface area (Å²) in [7, 11) is 0. The summed E-state index contributed by atoms with van der Waals surface area (Å²) in [6.07, 6.45) is -0.987.